The zero-order valence-corrected chi connectivity index (χ0v) is 12.7. The molecule has 3 aromatic carbocycles. The number of hydrogen-bond acceptors (Lipinski definition) is 2. The monoisotopic (exact) mass is 316 g/mol. The Bertz CT molecular complexity index is 761. The van der Waals surface area contributed by atoms with Crippen molar-refractivity contribution in [3.8, 4) is 0 Å². The van der Waals surface area contributed by atoms with Gasteiger partial charge < -0.3 is 11.1 Å². The quantitative estimate of drug-likeness (QED) is 0.650. The highest BCUT2D eigenvalue weighted by Crippen LogP contribution is 2.33. The molecule has 0 aromatic heterocycles. The Balaban J connectivity index is 2.00. The molecule has 0 radical (unpaired) electrons. The smallest absolute Gasteiger partial charge is 0.101 e. The summed E-state index contributed by atoms with van der Waals surface area (Å²) < 4.78 is 0. The van der Waals surface area contributed by atoms with E-state index in [9.17, 15) is 0 Å². The van der Waals surface area contributed by atoms with Crippen LogP contribution in [0.4, 0.5) is 5.69 Å². The van der Waals surface area contributed by atoms with Gasteiger partial charge in [-0.2, -0.15) is 0 Å². The maximum atomic E-state index is 6.30. The van der Waals surface area contributed by atoms with Crippen molar-refractivity contribution in [3.63, 3.8) is 0 Å². The Kier molecular flexibility index (Phi) is 4.02. The first-order valence-corrected chi connectivity index (χ1v) is 7.36. The van der Waals surface area contributed by atoms with Crippen LogP contribution in [0.15, 0.2) is 60.7 Å². The number of halogens is 2. The molecule has 3 aromatic rings. The lowest BCUT2D eigenvalue weighted by Crippen LogP contribution is -2.20. The van der Waals surface area contributed by atoms with Crippen LogP contribution in [0.1, 0.15) is 11.7 Å². The Labute approximate surface area is 133 Å². The summed E-state index contributed by atoms with van der Waals surface area (Å²) in [5.41, 5.74) is 7.96. The molecule has 0 heterocycles. The van der Waals surface area contributed by atoms with E-state index in [1.807, 2.05) is 24.3 Å². The number of benzene rings is 3. The molecule has 0 saturated carbocycles. The zero-order valence-electron chi connectivity index (χ0n) is 11.2. The normalized spacial score (nSPS) is 12.3. The van der Waals surface area contributed by atoms with Crippen LogP contribution >= 0.6 is 23.2 Å². The van der Waals surface area contributed by atoms with Crippen LogP contribution in [0.2, 0.25) is 10.0 Å². The van der Waals surface area contributed by atoms with E-state index in [1.165, 1.54) is 0 Å². The standard InChI is InChI=1S/C17H14Cl2N2/c18-14-9-4-10-15(19)16(14)21-17(20)13-8-3-6-11-5-1-2-7-12(11)13/h1-10,17,21H,20H2. The number of fused-ring (bicyclic) bond motifs is 1. The van der Waals surface area contributed by atoms with Crippen molar-refractivity contribution in [3.05, 3.63) is 76.3 Å². The molecule has 0 bridgehead atoms. The Hall–Kier alpha value is -1.74. The molecule has 0 spiro atoms. The second kappa shape index (κ2) is 5.94. The summed E-state index contributed by atoms with van der Waals surface area (Å²) in [6.45, 7) is 0. The van der Waals surface area contributed by atoms with E-state index < -0.39 is 6.17 Å². The lowest BCUT2D eigenvalue weighted by atomic mass is 10.0. The zero-order chi connectivity index (χ0) is 14.8. The Morgan fingerprint density at radius 1 is 0.810 bits per heavy atom. The maximum absolute atomic E-state index is 6.30. The second-order valence-electron chi connectivity index (χ2n) is 4.79. The van der Waals surface area contributed by atoms with E-state index in [4.69, 9.17) is 28.9 Å². The van der Waals surface area contributed by atoms with Crippen LogP contribution in [0, 0.1) is 0 Å². The van der Waals surface area contributed by atoms with E-state index in [0.717, 1.165) is 16.3 Å². The molecule has 106 valence electrons. The molecule has 0 aliphatic heterocycles. The molecule has 1 unspecified atom stereocenters. The van der Waals surface area contributed by atoms with Gasteiger partial charge in [0.15, 0.2) is 0 Å². The molecule has 21 heavy (non-hydrogen) atoms. The molecule has 0 amide bonds. The van der Waals surface area contributed by atoms with Crippen LogP contribution in [0.25, 0.3) is 10.8 Å². The van der Waals surface area contributed by atoms with Crippen LogP contribution in [0.3, 0.4) is 0 Å². The van der Waals surface area contributed by atoms with E-state index in [2.05, 4.69) is 23.5 Å². The summed E-state index contributed by atoms with van der Waals surface area (Å²) in [7, 11) is 0. The minimum Gasteiger partial charge on any atom is -0.364 e. The molecular formula is C17H14Cl2N2. The van der Waals surface area contributed by atoms with Crippen LogP contribution in [-0.2, 0) is 0 Å². The molecule has 0 fully saturated rings. The van der Waals surface area contributed by atoms with Gasteiger partial charge in [0.05, 0.1) is 15.7 Å². The van der Waals surface area contributed by atoms with Gasteiger partial charge in [0.25, 0.3) is 0 Å². The highest BCUT2D eigenvalue weighted by atomic mass is 35.5. The van der Waals surface area contributed by atoms with Gasteiger partial charge in [0.1, 0.15) is 6.17 Å². The van der Waals surface area contributed by atoms with Gasteiger partial charge in [-0.3, -0.25) is 0 Å². The van der Waals surface area contributed by atoms with Gasteiger partial charge in [0.2, 0.25) is 0 Å². The Morgan fingerprint density at radius 2 is 1.43 bits per heavy atom. The maximum Gasteiger partial charge on any atom is 0.101 e. The first-order chi connectivity index (χ1) is 10.2. The average molecular weight is 317 g/mol. The van der Waals surface area contributed by atoms with Crippen molar-refractivity contribution in [1.29, 1.82) is 0 Å². The fourth-order valence-corrected chi connectivity index (χ4v) is 2.90. The highest BCUT2D eigenvalue weighted by Gasteiger charge is 2.13. The van der Waals surface area contributed by atoms with Crippen molar-refractivity contribution < 1.29 is 0 Å². The highest BCUT2D eigenvalue weighted by molar-refractivity contribution is 6.39. The fourth-order valence-electron chi connectivity index (χ4n) is 2.39. The third-order valence-corrected chi connectivity index (χ3v) is 4.05. The second-order valence-corrected chi connectivity index (χ2v) is 5.60. The summed E-state index contributed by atoms with van der Waals surface area (Å²) in [6, 6.07) is 19.6. The number of nitrogens with two attached hydrogens (primary N) is 1. The molecule has 3 N–H and O–H groups in total. The lowest BCUT2D eigenvalue weighted by molar-refractivity contribution is 0.845. The number of anilines is 1. The number of para-hydroxylation sites is 1. The molecule has 2 nitrogen and oxygen atoms in total. The van der Waals surface area contributed by atoms with Gasteiger partial charge in [-0.05, 0) is 28.5 Å². The first kappa shape index (κ1) is 14.2. The third kappa shape index (κ3) is 2.84. The van der Waals surface area contributed by atoms with Gasteiger partial charge in [0, 0.05) is 0 Å². The number of rotatable bonds is 3. The minimum atomic E-state index is -0.395. The summed E-state index contributed by atoms with van der Waals surface area (Å²) >= 11 is 12.4. The van der Waals surface area contributed by atoms with Crippen molar-refractivity contribution >= 4 is 39.7 Å². The molecule has 0 saturated heterocycles. The van der Waals surface area contributed by atoms with Gasteiger partial charge in [-0.15, -0.1) is 0 Å². The SMILES string of the molecule is NC(Nc1c(Cl)cccc1Cl)c1cccc2ccccc12. The van der Waals surface area contributed by atoms with E-state index in [1.54, 1.807) is 18.2 Å². The Morgan fingerprint density at radius 3 is 2.19 bits per heavy atom. The number of nitrogens with one attached hydrogen (secondary N) is 1. The molecule has 1 atom stereocenters. The molecule has 0 aliphatic carbocycles. The van der Waals surface area contributed by atoms with E-state index in [0.29, 0.717) is 15.7 Å². The van der Waals surface area contributed by atoms with Crippen LogP contribution in [-0.4, -0.2) is 0 Å². The lowest BCUT2D eigenvalue weighted by Gasteiger charge is -2.19. The predicted molar refractivity (Wildman–Crippen MR) is 91.0 cm³/mol. The molecule has 0 aliphatic rings. The molecule has 4 heteroatoms. The predicted octanol–water partition coefficient (Wildman–Crippen LogP) is 5.22. The minimum absolute atomic E-state index is 0.395. The summed E-state index contributed by atoms with van der Waals surface area (Å²) in [4.78, 5) is 0. The first-order valence-electron chi connectivity index (χ1n) is 6.60. The van der Waals surface area contributed by atoms with Gasteiger partial charge in [-0.1, -0.05) is 71.7 Å². The van der Waals surface area contributed by atoms with E-state index in [-0.39, 0.29) is 0 Å². The summed E-state index contributed by atoms with van der Waals surface area (Å²) in [5, 5.41) is 6.57. The third-order valence-electron chi connectivity index (χ3n) is 3.42. The fraction of sp³-hybridized carbons (Fsp3) is 0.0588. The largest absolute Gasteiger partial charge is 0.364 e. The van der Waals surface area contributed by atoms with Crippen molar-refractivity contribution in [2.45, 2.75) is 6.17 Å². The van der Waals surface area contributed by atoms with Crippen molar-refractivity contribution in [1.82, 2.24) is 0 Å². The van der Waals surface area contributed by atoms with Crippen molar-refractivity contribution in [2.24, 2.45) is 5.73 Å². The van der Waals surface area contributed by atoms with Gasteiger partial charge >= 0.3 is 0 Å². The van der Waals surface area contributed by atoms with Crippen LogP contribution in [0.5, 0.6) is 0 Å². The molecular weight excluding hydrogens is 303 g/mol. The van der Waals surface area contributed by atoms with Crippen molar-refractivity contribution in [2.75, 3.05) is 5.32 Å². The van der Waals surface area contributed by atoms with E-state index >= 15 is 0 Å². The molecule has 3 rings (SSSR count). The summed E-state index contributed by atoms with van der Waals surface area (Å²) in [6.07, 6.45) is -0.395. The topological polar surface area (TPSA) is 38.0 Å². The van der Waals surface area contributed by atoms with Gasteiger partial charge in [-0.25, -0.2) is 0 Å². The summed E-state index contributed by atoms with van der Waals surface area (Å²) in [5.74, 6) is 0. The van der Waals surface area contributed by atoms with Crippen LogP contribution < -0.4 is 11.1 Å². The average Bonchev–Trinajstić information content (AvgIpc) is 2.50. The number of hydrogen-bond donors (Lipinski definition) is 2.